The molecular formula is C26H25BrN2O7S. The number of aromatic hydroxyl groups is 1. The standard InChI is InChI=1S/C26H25BrN2O7S/c1-5-35-18-8-7-14(10-19(18)36-6-2)22-17(25(32)34-4)13-28-26-29(22)24(31)21(37-26)11-15-9-16(27)12-20(33-3)23(15)30/h7-13,22,30H,5-6H2,1-4H3/b21-11-/t22-/m0/s1. The predicted molar refractivity (Wildman–Crippen MR) is 142 cm³/mol. The lowest BCUT2D eigenvalue weighted by Gasteiger charge is -2.23. The SMILES string of the molecule is CCOc1ccc([C@H]2C(C(=O)OC)=CN=c3s/c(=C\c4cc(Br)cc(OC)c4O)c(=O)n32)cc1OCC. The summed E-state index contributed by atoms with van der Waals surface area (Å²) in [5.41, 5.74) is 0.825. The van der Waals surface area contributed by atoms with Gasteiger partial charge in [-0.2, -0.15) is 0 Å². The lowest BCUT2D eigenvalue weighted by atomic mass is 9.97. The smallest absolute Gasteiger partial charge is 0.337 e. The molecule has 1 N–H and O–H groups in total. The summed E-state index contributed by atoms with van der Waals surface area (Å²) in [4.78, 5) is 31.2. The first-order valence-electron chi connectivity index (χ1n) is 11.4. The van der Waals surface area contributed by atoms with Gasteiger partial charge in [0, 0.05) is 16.2 Å². The second-order valence-corrected chi connectivity index (χ2v) is 9.72. The Labute approximate surface area is 225 Å². The van der Waals surface area contributed by atoms with Crippen LogP contribution in [0, 0.1) is 0 Å². The lowest BCUT2D eigenvalue weighted by Crippen LogP contribution is -2.39. The van der Waals surface area contributed by atoms with E-state index in [9.17, 15) is 14.7 Å². The number of phenolic OH excluding ortho intramolecular Hbond substituents is 1. The van der Waals surface area contributed by atoms with Crippen molar-refractivity contribution in [3.8, 4) is 23.0 Å². The molecule has 1 atom stereocenters. The normalized spacial score (nSPS) is 14.9. The van der Waals surface area contributed by atoms with Crippen LogP contribution in [0.15, 0.2) is 56.4 Å². The molecule has 0 saturated carbocycles. The fourth-order valence-electron chi connectivity index (χ4n) is 3.99. The van der Waals surface area contributed by atoms with E-state index >= 15 is 0 Å². The van der Waals surface area contributed by atoms with Gasteiger partial charge in [0.25, 0.3) is 5.56 Å². The van der Waals surface area contributed by atoms with E-state index in [-0.39, 0.29) is 22.6 Å². The summed E-state index contributed by atoms with van der Waals surface area (Å²) in [6.07, 6.45) is 2.98. The quantitative estimate of drug-likeness (QED) is 0.402. The molecule has 2 heterocycles. The molecule has 0 unspecified atom stereocenters. The van der Waals surface area contributed by atoms with Crippen LogP contribution in [0.1, 0.15) is 31.0 Å². The number of ether oxygens (including phenoxy) is 4. The first-order chi connectivity index (χ1) is 17.8. The van der Waals surface area contributed by atoms with Gasteiger partial charge in [-0.15, -0.1) is 0 Å². The minimum atomic E-state index is -0.814. The summed E-state index contributed by atoms with van der Waals surface area (Å²) in [6.45, 7) is 4.59. The van der Waals surface area contributed by atoms with Crippen molar-refractivity contribution < 1.29 is 28.8 Å². The molecule has 0 amide bonds. The number of hydrogen-bond donors (Lipinski definition) is 1. The van der Waals surface area contributed by atoms with E-state index in [2.05, 4.69) is 20.9 Å². The molecule has 4 rings (SSSR count). The molecule has 1 aromatic heterocycles. The zero-order valence-corrected chi connectivity index (χ0v) is 23.0. The highest BCUT2D eigenvalue weighted by Gasteiger charge is 2.31. The molecular weight excluding hydrogens is 564 g/mol. The van der Waals surface area contributed by atoms with Crippen LogP contribution in [-0.2, 0) is 9.53 Å². The number of fused-ring (bicyclic) bond motifs is 1. The van der Waals surface area contributed by atoms with E-state index in [1.807, 2.05) is 13.8 Å². The highest BCUT2D eigenvalue weighted by Crippen LogP contribution is 2.36. The molecule has 0 fully saturated rings. The number of phenols is 1. The molecule has 2 aromatic carbocycles. The van der Waals surface area contributed by atoms with Gasteiger partial charge in [-0.3, -0.25) is 9.36 Å². The lowest BCUT2D eigenvalue weighted by molar-refractivity contribution is -0.136. The number of hydrogen-bond acceptors (Lipinski definition) is 9. The summed E-state index contributed by atoms with van der Waals surface area (Å²) in [6, 6.07) is 7.77. The average Bonchev–Trinajstić information content (AvgIpc) is 3.21. The summed E-state index contributed by atoms with van der Waals surface area (Å²) >= 11 is 4.53. The Kier molecular flexibility index (Phi) is 8.03. The Hall–Kier alpha value is -3.57. The van der Waals surface area contributed by atoms with Crippen molar-refractivity contribution in [2.24, 2.45) is 4.99 Å². The van der Waals surface area contributed by atoms with Crippen molar-refractivity contribution in [1.82, 2.24) is 4.57 Å². The molecule has 0 spiro atoms. The van der Waals surface area contributed by atoms with Gasteiger partial charge in [-0.25, -0.2) is 9.79 Å². The van der Waals surface area contributed by atoms with E-state index in [1.165, 1.54) is 25.0 Å². The van der Waals surface area contributed by atoms with Gasteiger partial charge in [0.2, 0.25) is 0 Å². The number of carbonyl (C=O) groups excluding carboxylic acids is 1. The maximum atomic E-state index is 13.7. The van der Waals surface area contributed by atoms with Gasteiger partial charge in [0.1, 0.15) is 0 Å². The van der Waals surface area contributed by atoms with Crippen LogP contribution in [-0.4, -0.2) is 43.1 Å². The van der Waals surface area contributed by atoms with E-state index in [4.69, 9.17) is 18.9 Å². The zero-order valence-electron chi connectivity index (χ0n) is 20.6. The number of aromatic nitrogens is 1. The first kappa shape index (κ1) is 26.5. The molecule has 9 nitrogen and oxygen atoms in total. The molecule has 1 aliphatic rings. The van der Waals surface area contributed by atoms with Crippen molar-refractivity contribution in [3.63, 3.8) is 0 Å². The Morgan fingerprint density at radius 2 is 1.86 bits per heavy atom. The van der Waals surface area contributed by atoms with Crippen molar-refractivity contribution in [2.45, 2.75) is 19.9 Å². The van der Waals surface area contributed by atoms with E-state index < -0.39 is 12.0 Å². The second-order valence-electron chi connectivity index (χ2n) is 7.79. The average molecular weight is 589 g/mol. The number of benzene rings is 2. The number of nitrogens with zero attached hydrogens (tertiary/aromatic N) is 2. The third kappa shape index (κ3) is 5.14. The first-order valence-corrected chi connectivity index (χ1v) is 13.0. The van der Waals surface area contributed by atoms with Crippen LogP contribution in [0.3, 0.4) is 0 Å². The molecule has 0 radical (unpaired) electrons. The zero-order chi connectivity index (χ0) is 26.7. The van der Waals surface area contributed by atoms with Crippen LogP contribution in [0.2, 0.25) is 0 Å². The van der Waals surface area contributed by atoms with Gasteiger partial charge >= 0.3 is 5.97 Å². The maximum absolute atomic E-state index is 13.7. The third-order valence-electron chi connectivity index (χ3n) is 5.58. The molecule has 0 saturated heterocycles. The summed E-state index contributed by atoms with van der Waals surface area (Å²) < 4.78 is 24.1. The Morgan fingerprint density at radius 3 is 2.54 bits per heavy atom. The predicted octanol–water partition coefficient (Wildman–Crippen LogP) is 3.29. The molecule has 0 bridgehead atoms. The Morgan fingerprint density at radius 1 is 1.14 bits per heavy atom. The maximum Gasteiger partial charge on any atom is 0.337 e. The Bertz CT molecular complexity index is 1560. The van der Waals surface area contributed by atoms with Crippen molar-refractivity contribution >= 4 is 39.3 Å². The van der Waals surface area contributed by atoms with Crippen LogP contribution in [0.5, 0.6) is 23.0 Å². The summed E-state index contributed by atoms with van der Waals surface area (Å²) in [5.74, 6) is 0.608. The van der Waals surface area contributed by atoms with Crippen LogP contribution in [0.25, 0.3) is 6.08 Å². The molecule has 3 aromatic rings. The van der Waals surface area contributed by atoms with Crippen LogP contribution >= 0.6 is 27.3 Å². The van der Waals surface area contributed by atoms with Crippen LogP contribution in [0.4, 0.5) is 0 Å². The third-order valence-corrected chi connectivity index (χ3v) is 7.04. The number of carbonyl (C=O) groups is 1. The molecule has 11 heteroatoms. The van der Waals surface area contributed by atoms with E-state index in [0.717, 1.165) is 11.3 Å². The number of halogens is 1. The van der Waals surface area contributed by atoms with Gasteiger partial charge in [0.15, 0.2) is 27.8 Å². The van der Waals surface area contributed by atoms with Crippen molar-refractivity contribution in [3.05, 3.63) is 77.4 Å². The van der Waals surface area contributed by atoms with E-state index in [0.29, 0.717) is 49.6 Å². The monoisotopic (exact) mass is 588 g/mol. The topological polar surface area (TPSA) is 109 Å². The molecule has 37 heavy (non-hydrogen) atoms. The fourth-order valence-corrected chi connectivity index (χ4v) is 5.40. The summed E-state index contributed by atoms with van der Waals surface area (Å²) in [5, 5.41) is 10.6. The van der Waals surface area contributed by atoms with Gasteiger partial charge in [-0.05, 0) is 49.8 Å². The van der Waals surface area contributed by atoms with E-state index in [1.54, 1.807) is 36.4 Å². The number of esters is 1. The van der Waals surface area contributed by atoms with Crippen LogP contribution < -0.4 is 29.1 Å². The number of methoxy groups -OCH3 is 2. The minimum Gasteiger partial charge on any atom is -0.504 e. The van der Waals surface area contributed by atoms with Crippen molar-refractivity contribution in [2.75, 3.05) is 27.4 Å². The minimum absolute atomic E-state index is 0.101. The molecule has 0 aliphatic carbocycles. The van der Waals surface area contributed by atoms with Gasteiger partial charge in [-0.1, -0.05) is 33.3 Å². The second kappa shape index (κ2) is 11.2. The van der Waals surface area contributed by atoms with Gasteiger partial charge < -0.3 is 24.1 Å². The highest BCUT2D eigenvalue weighted by atomic mass is 79.9. The number of rotatable bonds is 8. The van der Waals surface area contributed by atoms with Crippen molar-refractivity contribution in [1.29, 1.82) is 0 Å². The van der Waals surface area contributed by atoms with Gasteiger partial charge in [0.05, 0.1) is 43.6 Å². The summed E-state index contributed by atoms with van der Waals surface area (Å²) in [7, 11) is 2.72. The Balaban J connectivity index is 1.93. The highest BCUT2D eigenvalue weighted by molar-refractivity contribution is 9.10. The fraction of sp³-hybridized carbons (Fsp3) is 0.269. The molecule has 1 aliphatic heterocycles. The number of thiazole rings is 1. The molecule has 194 valence electrons. The largest absolute Gasteiger partial charge is 0.504 e.